The largest absolute Gasteiger partial charge is 0.494 e. The van der Waals surface area contributed by atoms with Gasteiger partial charge in [-0.25, -0.2) is 13.4 Å². The molecule has 7 nitrogen and oxygen atoms in total. The number of hydrogen-bond acceptors (Lipinski definition) is 6. The van der Waals surface area contributed by atoms with Crippen LogP contribution in [-0.4, -0.2) is 65.2 Å². The van der Waals surface area contributed by atoms with Crippen LogP contribution in [0.25, 0.3) is 16.7 Å². The number of nitrogens with zero attached hydrogens (tertiary/aromatic N) is 3. The van der Waals surface area contributed by atoms with Gasteiger partial charge >= 0.3 is 0 Å². The highest BCUT2D eigenvalue weighted by Gasteiger charge is 2.34. The maximum absolute atomic E-state index is 13.1. The molecule has 1 aromatic heterocycles. The Morgan fingerprint density at radius 2 is 1.94 bits per heavy atom. The molecule has 0 N–H and O–H groups in total. The lowest BCUT2D eigenvalue weighted by Crippen LogP contribution is -2.42. The molecule has 0 bridgehead atoms. The first-order chi connectivity index (χ1) is 15.9. The molecule has 9 heteroatoms. The van der Waals surface area contributed by atoms with Crippen molar-refractivity contribution < 1.29 is 17.9 Å². The second kappa shape index (κ2) is 10.2. The van der Waals surface area contributed by atoms with Crippen LogP contribution < -0.4 is 4.74 Å². The molecule has 0 unspecified atom stereocenters. The van der Waals surface area contributed by atoms with E-state index in [-0.39, 0.29) is 29.2 Å². The number of ether oxygens (including phenoxy) is 1. The zero-order valence-corrected chi connectivity index (χ0v) is 20.6. The minimum atomic E-state index is -3.05. The van der Waals surface area contributed by atoms with Crippen molar-refractivity contribution in [3.8, 4) is 11.4 Å². The number of amides is 1. The first kappa shape index (κ1) is 23.6. The lowest BCUT2D eigenvalue weighted by molar-refractivity contribution is -0.130. The minimum Gasteiger partial charge on any atom is -0.494 e. The Labute approximate surface area is 199 Å². The van der Waals surface area contributed by atoms with Gasteiger partial charge in [0.25, 0.3) is 0 Å². The van der Waals surface area contributed by atoms with E-state index < -0.39 is 9.84 Å². The standard InChI is InChI=1S/C24H29N3O4S2/c1-3-14-26(19-13-15-33(29,30)17-19)23(28)16-32-24-25-21-7-5-6-8-22(21)27(24)18-9-11-20(12-10-18)31-4-2/h5-12,19H,3-4,13-17H2,1-2H3/t19-/m1/s1. The average molecular weight is 488 g/mol. The third kappa shape index (κ3) is 5.35. The third-order valence-electron chi connectivity index (χ3n) is 5.69. The summed E-state index contributed by atoms with van der Waals surface area (Å²) in [5, 5.41) is 0.726. The van der Waals surface area contributed by atoms with Crippen LogP contribution in [0.3, 0.4) is 0 Å². The van der Waals surface area contributed by atoms with Gasteiger partial charge in [-0.2, -0.15) is 0 Å². The summed E-state index contributed by atoms with van der Waals surface area (Å²) in [5.41, 5.74) is 2.76. The quantitative estimate of drug-likeness (QED) is 0.425. The lowest BCUT2D eigenvalue weighted by Gasteiger charge is -2.27. The Bertz CT molecular complexity index is 1220. The third-order valence-corrected chi connectivity index (χ3v) is 8.37. The van der Waals surface area contributed by atoms with Crippen molar-refractivity contribution in [2.45, 2.75) is 37.9 Å². The van der Waals surface area contributed by atoms with E-state index >= 15 is 0 Å². The van der Waals surface area contributed by atoms with Gasteiger partial charge in [-0.1, -0.05) is 30.8 Å². The number of hydrogen-bond donors (Lipinski definition) is 0. The summed E-state index contributed by atoms with van der Waals surface area (Å²) in [7, 11) is -3.05. The van der Waals surface area contributed by atoms with E-state index in [1.807, 2.05) is 66.9 Å². The molecule has 1 saturated heterocycles. The van der Waals surface area contributed by atoms with Gasteiger partial charge in [0.05, 0.1) is 34.9 Å². The van der Waals surface area contributed by atoms with Crippen molar-refractivity contribution in [3.05, 3.63) is 48.5 Å². The Balaban J connectivity index is 1.58. The van der Waals surface area contributed by atoms with Gasteiger partial charge in [0.15, 0.2) is 15.0 Å². The summed E-state index contributed by atoms with van der Waals surface area (Å²) in [6.45, 7) is 5.12. The summed E-state index contributed by atoms with van der Waals surface area (Å²) < 4.78 is 31.5. The maximum atomic E-state index is 13.1. The number of rotatable bonds is 9. The number of benzene rings is 2. The molecule has 1 aliphatic heterocycles. The van der Waals surface area contributed by atoms with E-state index in [0.29, 0.717) is 19.6 Å². The lowest BCUT2D eigenvalue weighted by atomic mass is 10.2. The molecule has 1 atom stereocenters. The monoisotopic (exact) mass is 487 g/mol. The Kier molecular flexibility index (Phi) is 7.29. The zero-order chi connectivity index (χ0) is 23.4. The number of sulfone groups is 1. The molecule has 3 aromatic rings. The number of aromatic nitrogens is 2. The molecule has 33 heavy (non-hydrogen) atoms. The van der Waals surface area contributed by atoms with E-state index in [1.165, 1.54) is 11.8 Å². The number of carbonyl (C=O) groups excluding carboxylic acids is 1. The number of thioether (sulfide) groups is 1. The predicted octanol–water partition coefficient (Wildman–Crippen LogP) is 3.94. The molecule has 1 amide bonds. The fraction of sp³-hybridized carbons (Fsp3) is 0.417. The molecule has 0 spiro atoms. The molecule has 4 rings (SSSR count). The highest BCUT2D eigenvalue weighted by molar-refractivity contribution is 7.99. The summed E-state index contributed by atoms with van der Waals surface area (Å²) in [6.07, 6.45) is 1.31. The van der Waals surface area contributed by atoms with Crippen LogP contribution >= 0.6 is 11.8 Å². The normalized spacial score (nSPS) is 17.3. The Morgan fingerprint density at radius 3 is 2.61 bits per heavy atom. The van der Waals surface area contributed by atoms with Gasteiger partial charge in [-0.3, -0.25) is 9.36 Å². The fourth-order valence-corrected chi connectivity index (χ4v) is 6.84. The second-order valence-corrected chi connectivity index (χ2v) is 11.2. The fourth-order valence-electron chi connectivity index (χ4n) is 4.19. The van der Waals surface area contributed by atoms with E-state index in [9.17, 15) is 13.2 Å². The van der Waals surface area contributed by atoms with Crippen LogP contribution in [0.15, 0.2) is 53.7 Å². The Morgan fingerprint density at radius 1 is 1.18 bits per heavy atom. The van der Waals surface area contributed by atoms with Crippen LogP contribution in [0, 0.1) is 0 Å². The first-order valence-electron chi connectivity index (χ1n) is 11.2. The molecular weight excluding hydrogens is 458 g/mol. The smallest absolute Gasteiger partial charge is 0.233 e. The molecular formula is C24H29N3O4S2. The number of imidazole rings is 1. The van der Waals surface area contributed by atoms with Crippen LogP contribution in [-0.2, 0) is 14.6 Å². The molecule has 2 heterocycles. The van der Waals surface area contributed by atoms with Crippen LogP contribution in [0.2, 0.25) is 0 Å². The predicted molar refractivity (Wildman–Crippen MR) is 132 cm³/mol. The van der Waals surface area contributed by atoms with Gasteiger partial charge in [0.2, 0.25) is 5.91 Å². The summed E-state index contributed by atoms with van der Waals surface area (Å²) in [6, 6.07) is 15.5. The molecule has 1 aliphatic rings. The van der Waals surface area contributed by atoms with Gasteiger partial charge in [-0.15, -0.1) is 0 Å². The topological polar surface area (TPSA) is 81.5 Å². The van der Waals surface area contributed by atoms with Crippen LogP contribution in [0.1, 0.15) is 26.7 Å². The summed E-state index contributed by atoms with van der Waals surface area (Å²) in [4.78, 5) is 19.7. The first-order valence-corrected chi connectivity index (χ1v) is 14.1. The highest BCUT2D eigenvalue weighted by atomic mass is 32.2. The van der Waals surface area contributed by atoms with Gasteiger partial charge in [0, 0.05) is 18.3 Å². The van der Waals surface area contributed by atoms with Crippen molar-refractivity contribution in [1.82, 2.24) is 14.5 Å². The molecule has 1 fully saturated rings. The van der Waals surface area contributed by atoms with Gasteiger partial charge in [0.1, 0.15) is 5.75 Å². The van der Waals surface area contributed by atoms with E-state index in [1.54, 1.807) is 4.90 Å². The molecule has 2 aromatic carbocycles. The average Bonchev–Trinajstić information content (AvgIpc) is 3.36. The molecule has 0 radical (unpaired) electrons. The SMILES string of the molecule is CCCN(C(=O)CSc1nc2ccccc2n1-c1ccc(OCC)cc1)[C@@H]1CCS(=O)(=O)C1. The van der Waals surface area contributed by atoms with Crippen molar-refractivity contribution in [2.24, 2.45) is 0 Å². The van der Waals surface area contributed by atoms with Crippen LogP contribution in [0.4, 0.5) is 0 Å². The van der Waals surface area contributed by atoms with E-state index in [4.69, 9.17) is 9.72 Å². The maximum Gasteiger partial charge on any atom is 0.233 e. The molecule has 176 valence electrons. The van der Waals surface area contributed by atoms with Crippen molar-refractivity contribution in [3.63, 3.8) is 0 Å². The summed E-state index contributed by atoms with van der Waals surface area (Å²) in [5.74, 6) is 1.18. The molecule has 0 aliphatic carbocycles. The Hall–Kier alpha value is -2.52. The van der Waals surface area contributed by atoms with E-state index in [2.05, 4.69) is 0 Å². The minimum absolute atomic E-state index is 0.0470. The van der Waals surface area contributed by atoms with Crippen molar-refractivity contribution in [2.75, 3.05) is 30.4 Å². The van der Waals surface area contributed by atoms with Crippen molar-refractivity contribution in [1.29, 1.82) is 0 Å². The molecule has 0 saturated carbocycles. The zero-order valence-electron chi connectivity index (χ0n) is 18.9. The highest BCUT2D eigenvalue weighted by Crippen LogP contribution is 2.29. The van der Waals surface area contributed by atoms with Gasteiger partial charge < -0.3 is 9.64 Å². The van der Waals surface area contributed by atoms with Crippen LogP contribution in [0.5, 0.6) is 5.75 Å². The van der Waals surface area contributed by atoms with E-state index in [0.717, 1.165) is 34.0 Å². The second-order valence-electron chi connectivity index (χ2n) is 8.08. The van der Waals surface area contributed by atoms with Gasteiger partial charge in [-0.05, 0) is 56.2 Å². The number of carbonyl (C=O) groups is 1. The summed E-state index contributed by atoms with van der Waals surface area (Å²) >= 11 is 1.38. The number of fused-ring (bicyclic) bond motifs is 1. The number of para-hydroxylation sites is 2. The van der Waals surface area contributed by atoms with Crippen molar-refractivity contribution >= 4 is 38.5 Å².